The molecule has 0 spiro atoms. The summed E-state index contributed by atoms with van der Waals surface area (Å²) in [5, 5.41) is 8.50. The number of fused-ring (bicyclic) bond motifs is 1. The van der Waals surface area contributed by atoms with Gasteiger partial charge in [-0.15, -0.1) is 10.2 Å². The van der Waals surface area contributed by atoms with Crippen molar-refractivity contribution in [3.8, 4) is 0 Å². The molecule has 5 heteroatoms. The van der Waals surface area contributed by atoms with Gasteiger partial charge in [0.05, 0.1) is 0 Å². The third kappa shape index (κ3) is 2.17. The van der Waals surface area contributed by atoms with E-state index in [0.717, 1.165) is 29.4 Å². The Morgan fingerprint density at radius 2 is 2.35 bits per heavy atom. The van der Waals surface area contributed by atoms with Crippen molar-refractivity contribution in [1.29, 1.82) is 0 Å². The molecule has 1 aliphatic rings. The van der Waals surface area contributed by atoms with E-state index in [2.05, 4.69) is 20.8 Å². The van der Waals surface area contributed by atoms with Gasteiger partial charge < -0.3 is 5.73 Å². The molecule has 1 saturated heterocycles. The van der Waals surface area contributed by atoms with Crippen LogP contribution >= 0.6 is 11.8 Å². The van der Waals surface area contributed by atoms with Crippen molar-refractivity contribution < 1.29 is 0 Å². The van der Waals surface area contributed by atoms with Gasteiger partial charge in [-0.25, -0.2) is 0 Å². The van der Waals surface area contributed by atoms with Crippen LogP contribution in [-0.4, -0.2) is 26.1 Å². The molecule has 90 valence electrons. The largest absolute Gasteiger partial charge is 0.326 e. The summed E-state index contributed by atoms with van der Waals surface area (Å²) in [5.41, 5.74) is 7.71. The van der Waals surface area contributed by atoms with E-state index in [0.29, 0.717) is 6.54 Å². The van der Waals surface area contributed by atoms with E-state index in [-0.39, 0.29) is 0 Å². The fraction of sp³-hybridized carbons (Fsp3) is 0.500. The monoisotopic (exact) mass is 248 g/mol. The van der Waals surface area contributed by atoms with Gasteiger partial charge in [-0.2, -0.15) is 11.8 Å². The first-order valence-corrected chi connectivity index (χ1v) is 7.12. The molecule has 0 aromatic carbocycles. The average molecular weight is 248 g/mol. The van der Waals surface area contributed by atoms with E-state index in [9.17, 15) is 0 Å². The molecule has 0 saturated carbocycles. The summed E-state index contributed by atoms with van der Waals surface area (Å²) in [5.74, 6) is 4.37. The van der Waals surface area contributed by atoms with E-state index in [1.807, 2.05) is 23.9 Å². The third-order valence-electron chi connectivity index (χ3n) is 3.27. The summed E-state index contributed by atoms with van der Waals surface area (Å²) in [7, 11) is 0. The fourth-order valence-electron chi connectivity index (χ4n) is 2.24. The number of nitrogens with two attached hydrogens (primary N) is 1. The Balaban J connectivity index is 1.92. The van der Waals surface area contributed by atoms with Gasteiger partial charge >= 0.3 is 0 Å². The van der Waals surface area contributed by atoms with Gasteiger partial charge in [-0.05, 0) is 35.5 Å². The molecular weight excluding hydrogens is 232 g/mol. The predicted molar refractivity (Wildman–Crippen MR) is 70.0 cm³/mol. The number of thioether (sulfide) groups is 1. The molecular formula is C12H16N4S. The van der Waals surface area contributed by atoms with Gasteiger partial charge in [0.25, 0.3) is 0 Å². The van der Waals surface area contributed by atoms with E-state index in [1.165, 1.54) is 17.9 Å². The van der Waals surface area contributed by atoms with Crippen LogP contribution in [0.1, 0.15) is 17.8 Å². The summed E-state index contributed by atoms with van der Waals surface area (Å²) in [6, 6.07) is 4.00. The maximum Gasteiger partial charge on any atom is 0.160 e. The van der Waals surface area contributed by atoms with Crippen LogP contribution in [0.15, 0.2) is 18.3 Å². The Kier molecular flexibility index (Phi) is 3.03. The maximum absolute atomic E-state index is 5.67. The molecule has 3 rings (SSSR count). The highest BCUT2D eigenvalue weighted by Gasteiger charge is 2.18. The number of hydrogen-bond acceptors (Lipinski definition) is 4. The van der Waals surface area contributed by atoms with Crippen molar-refractivity contribution in [2.45, 2.75) is 19.4 Å². The van der Waals surface area contributed by atoms with Gasteiger partial charge in [0, 0.05) is 19.2 Å². The Labute approximate surface area is 105 Å². The molecule has 1 fully saturated rings. The van der Waals surface area contributed by atoms with Crippen molar-refractivity contribution >= 4 is 17.4 Å². The fourth-order valence-corrected chi connectivity index (χ4v) is 3.53. The molecule has 2 aromatic heterocycles. The molecule has 4 nitrogen and oxygen atoms in total. The predicted octanol–water partition coefficient (Wildman–Crippen LogP) is 1.48. The second-order valence-electron chi connectivity index (χ2n) is 4.52. The minimum Gasteiger partial charge on any atom is -0.326 e. The summed E-state index contributed by atoms with van der Waals surface area (Å²) in [6.07, 6.45) is 4.39. The first-order chi connectivity index (χ1) is 8.36. The van der Waals surface area contributed by atoms with Crippen LogP contribution in [0.3, 0.4) is 0 Å². The normalized spacial score (nSPS) is 20.2. The smallest absolute Gasteiger partial charge is 0.160 e. The minimum absolute atomic E-state index is 0.562. The van der Waals surface area contributed by atoms with Crippen molar-refractivity contribution in [1.82, 2.24) is 14.6 Å². The van der Waals surface area contributed by atoms with Crippen LogP contribution in [0, 0.1) is 5.92 Å². The highest BCUT2D eigenvalue weighted by Crippen LogP contribution is 2.26. The summed E-state index contributed by atoms with van der Waals surface area (Å²) in [4.78, 5) is 0. The zero-order chi connectivity index (χ0) is 11.7. The highest BCUT2D eigenvalue weighted by molar-refractivity contribution is 7.99. The lowest BCUT2D eigenvalue weighted by atomic mass is 10.1. The standard InChI is InChI=1S/C12H16N4S/c13-6-10-1-2-11-14-15-12(16(11)7-10)5-9-3-4-17-8-9/h1-2,7,9H,3-6,8,13H2. The quantitative estimate of drug-likeness (QED) is 0.894. The second-order valence-corrected chi connectivity index (χ2v) is 5.67. The molecule has 3 heterocycles. The van der Waals surface area contributed by atoms with Crippen LogP contribution in [0.25, 0.3) is 5.65 Å². The summed E-state index contributed by atoms with van der Waals surface area (Å²) < 4.78 is 2.09. The van der Waals surface area contributed by atoms with E-state index in [1.54, 1.807) is 0 Å². The van der Waals surface area contributed by atoms with Gasteiger partial charge in [-0.1, -0.05) is 6.07 Å². The van der Waals surface area contributed by atoms with Crippen LogP contribution < -0.4 is 5.73 Å². The van der Waals surface area contributed by atoms with E-state index >= 15 is 0 Å². The molecule has 1 atom stereocenters. The molecule has 1 aliphatic heterocycles. The van der Waals surface area contributed by atoms with Crippen molar-refractivity contribution in [2.24, 2.45) is 11.7 Å². The van der Waals surface area contributed by atoms with Crippen LogP contribution in [0.2, 0.25) is 0 Å². The van der Waals surface area contributed by atoms with Crippen molar-refractivity contribution in [2.75, 3.05) is 11.5 Å². The molecule has 1 unspecified atom stereocenters. The van der Waals surface area contributed by atoms with Gasteiger partial charge in [0.1, 0.15) is 5.82 Å². The number of pyridine rings is 1. The Hall–Kier alpha value is -1.07. The maximum atomic E-state index is 5.67. The van der Waals surface area contributed by atoms with Gasteiger partial charge in [0.15, 0.2) is 5.65 Å². The Morgan fingerprint density at radius 3 is 3.12 bits per heavy atom. The second kappa shape index (κ2) is 4.66. The topological polar surface area (TPSA) is 56.2 Å². The lowest BCUT2D eigenvalue weighted by molar-refractivity contribution is 0.572. The van der Waals surface area contributed by atoms with E-state index in [4.69, 9.17) is 5.73 Å². The molecule has 2 aromatic rings. The van der Waals surface area contributed by atoms with Gasteiger partial charge in [0.2, 0.25) is 0 Å². The first kappa shape index (κ1) is 11.0. The molecule has 0 amide bonds. The zero-order valence-electron chi connectivity index (χ0n) is 9.67. The minimum atomic E-state index is 0.562. The molecule has 0 aliphatic carbocycles. The van der Waals surface area contributed by atoms with Crippen LogP contribution in [-0.2, 0) is 13.0 Å². The number of rotatable bonds is 3. The summed E-state index contributed by atoms with van der Waals surface area (Å²) >= 11 is 2.04. The number of hydrogen-bond donors (Lipinski definition) is 1. The first-order valence-electron chi connectivity index (χ1n) is 5.97. The number of aromatic nitrogens is 3. The van der Waals surface area contributed by atoms with Crippen molar-refractivity contribution in [3.05, 3.63) is 29.7 Å². The van der Waals surface area contributed by atoms with Gasteiger partial charge in [-0.3, -0.25) is 4.40 Å². The Bertz CT molecular complexity index is 516. The average Bonchev–Trinajstić information content (AvgIpc) is 2.99. The number of nitrogens with zero attached hydrogens (tertiary/aromatic N) is 3. The molecule has 2 N–H and O–H groups in total. The lowest BCUT2D eigenvalue weighted by Crippen LogP contribution is -2.07. The molecule has 17 heavy (non-hydrogen) atoms. The highest BCUT2D eigenvalue weighted by atomic mass is 32.2. The molecule has 0 radical (unpaired) electrons. The van der Waals surface area contributed by atoms with Crippen LogP contribution in [0.4, 0.5) is 0 Å². The SMILES string of the molecule is NCc1ccc2nnc(CC3CCSC3)n2c1. The Morgan fingerprint density at radius 1 is 1.41 bits per heavy atom. The molecule has 0 bridgehead atoms. The van der Waals surface area contributed by atoms with Crippen LogP contribution in [0.5, 0.6) is 0 Å². The van der Waals surface area contributed by atoms with E-state index < -0.39 is 0 Å². The lowest BCUT2D eigenvalue weighted by Gasteiger charge is -2.06. The zero-order valence-corrected chi connectivity index (χ0v) is 10.5. The summed E-state index contributed by atoms with van der Waals surface area (Å²) in [6.45, 7) is 0.562. The van der Waals surface area contributed by atoms with Crippen molar-refractivity contribution in [3.63, 3.8) is 0 Å². The third-order valence-corrected chi connectivity index (χ3v) is 4.50.